The molecule has 0 spiro atoms. The number of amides is 1. The fraction of sp³-hybridized carbons (Fsp3) is 0.318. The van der Waals surface area contributed by atoms with Crippen molar-refractivity contribution >= 4 is 16.9 Å². The second kappa shape index (κ2) is 7.32. The van der Waals surface area contributed by atoms with Gasteiger partial charge in [0, 0.05) is 24.0 Å². The Balaban J connectivity index is 1.35. The first kappa shape index (κ1) is 16.8. The van der Waals surface area contributed by atoms with E-state index in [0.29, 0.717) is 16.9 Å². The molecule has 3 nitrogen and oxygen atoms in total. The zero-order chi connectivity index (χ0) is 17.9. The lowest BCUT2D eigenvalue weighted by Gasteiger charge is -2.32. The number of carbonyl (C=O) groups is 1. The number of fused-ring (bicyclic) bond motifs is 1. The van der Waals surface area contributed by atoms with Crippen LogP contribution in [0.15, 0.2) is 59.2 Å². The van der Waals surface area contributed by atoms with Crippen molar-refractivity contribution in [3.8, 4) is 0 Å². The van der Waals surface area contributed by atoms with E-state index in [9.17, 15) is 9.18 Å². The lowest BCUT2D eigenvalue weighted by molar-refractivity contribution is -0.131. The molecule has 0 N–H and O–H groups in total. The van der Waals surface area contributed by atoms with Crippen molar-refractivity contribution in [3.05, 3.63) is 71.7 Å². The molecule has 2 heterocycles. The topological polar surface area (TPSA) is 33.5 Å². The van der Waals surface area contributed by atoms with Gasteiger partial charge in [0.25, 0.3) is 0 Å². The zero-order valence-corrected chi connectivity index (χ0v) is 14.7. The molecule has 1 amide bonds. The number of furan rings is 1. The minimum absolute atomic E-state index is 0.0927. The van der Waals surface area contributed by atoms with Gasteiger partial charge in [0.2, 0.25) is 5.91 Å². The van der Waals surface area contributed by atoms with Gasteiger partial charge in [-0.3, -0.25) is 4.79 Å². The Bertz CT molecular complexity index is 895. The summed E-state index contributed by atoms with van der Waals surface area (Å²) in [7, 11) is 0. The number of hydrogen-bond acceptors (Lipinski definition) is 2. The maximum atomic E-state index is 13.5. The lowest BCUT2D eigenvalue weighted by Crippen LogP contribution is -2.39. The molecule has 0 aliphatic carbocycles. The molecule has 1 fully saturated rings. The van der Waals surface area contributed by atoms with Gasteiger partial charge in [-0.25, -0.2) is 4.39 Å². The smallest absolute Gasteiger partial charge is 0.227 e. The van der Waals surface area contributed by atoms with Crippen LogP contribution in [0, 0.1) is 11.7 Å². The Kier molecular flexibility index (Phi) is 4.74. The van der Waals surface area contributed by atoms with E-state index in [-0.39, 0.29) is 18.1 Å². The SMILES string of the molecule is O=C(Cc1coc2ccc(F)cc12)N1CCC(Cc2ccccc2)CC1. The van der Waals surface area contributed by atoms with E-state index in [4.69, 9.17) is 4.42 Å². The van der Waals surface area contributed by atoms with E-state index < -0.39 is 0 Å². The molecule has 4 rings (SSSR count). The van der Waals surface area contributed by atoms with Crippen LogP contribution in [0.4, 0.5) is 4.39 Å². The summed E-state index contributed by atoms with van der Waals surface area (Å²) < 4.78 is 18.9. The van der Waals surface area contributed by atoms with Gasteiger partial charge < -0.3 is 9.32 Å². The highest BCUT2D eigenvalue weighted by Crippen LogP contribution is 2.25. The molecule has 1 aromatic heterocycles. The molecule has 26 heavy (non-hydrogen) atoms. The van der Waals surface area contributed by atoms with Gasteiger partial charge in [0.05, 0.1) is 12.7 Å². The van der Waals surface area contributed by atoms with Crippen LogP contribution in [0.1, 0.15) is 24.0 Å². The van der Waals surface area contributed by atoms with Gasteiger partial charge in [0.1, 0.15) is 11.4 Å². The van der Waals surface area contributed by atoms with Crippen LogP contribution in [-0.4, -0.2) is 23.9 Å². The van der Waals surface area contributed by atoms with Crippen LogP contribution in [0.3, 0.4) is 0 Å². The van der Waals surface area contributed by atoms with Crippen molar-refractivity contribution in [2.45, 2.75) is 25.7 Å². The summed E-state index contributed by atoms with van der Waals surface area (Å²) in [5.41, 5.74) is 2.75. The van der Waals surface area contributed by atoms with Crippen molar-refractivity contribution in [1.82, 2.24) is 4.90 Å². The molecule has 0 saturated carbocycles. The molecule has 0 atom stereocenters. The molecular weight excluding hydrogens is 329 g/mol. The number of piperidine rings is 1. The first-order valence-corrected chi connectivity index (χ1v) is 9.16. The zero-order valence-electron chi connectivity index (χ0n) is 14.7. The Morgan fingerprint density at radius 3 is 2.65 bits per heavy atom. The van der Waals surface area contributed by atoms with Crippen LogP contribution in [0.25, 0.3) is 11.0 Å². The summed E-state index contributed by atoms with van der Waals surface area (Å²) in [6.07, 6.45) is 4.97. The van der Waals surface area contributed by atoms with Gasteiger partial charge in [-0.2, -0.15) is 0 Å². The fourth-order valence-electron chi connectivity index (χ4n) is 3.80. The lowest BCUT2D eigenvalue weighted by atomic mass is 9.90. The standard InChI is InChI=1S/C22H22FNO2/c23-19-6-7-21-20(14-19)18(15-26-21)13-22(25)24-10-8-17(9-11-24)12-16-4-2-1-3-5-16/h1-7,14-15,17H,8-13H2. The Morgan fingerprint density at radius 1 is 1.12 bits per heavy atom. The van der Waals surface area contributed by atoms with Gasteiger partial charge in [0.15, 0.2) is 0 Å². The third-order valence-electron chi connectivity index (χ3n) is 5.29. The number of rotatable bonds is 4. The first-order valence-electron chi connectivity index (χ1n) is 9.16. The van der Waals surface area contributed by atoms with E-state index >= 15 is 0 Å². The maximum absolute atomic E-state index is 13.5. The molecule has 1 saturated heterocycles. The van der Waals surface area contributed by atoms with Crippen molar-refractivity contribution in [1.29, 1.82) is 0 Å². The van der Waals surface area contributed by atoms with E-state index in [0.717, 1.165) is 37.9 Å². The largest absolute Gasteiger partial charge is 0.464 e. The average Bonchev–Trinajstić information content (AvgIpc) is 3.05. The maximum Gasteiger partial charge on any atom is 0.227 e. The number of hydrogen-bond donors (Lipinski definition) is 0. The molecular formula is C22H22FNO2. The van der Waals surface area contributed by atoms with E-state index in [1.165, 1.54) is 17.7 Å². The highest BCUT2D eigenvalue weighted by molar-refractivity contribution is 5.87. The van der Waals surface area contributed by atoms with Crippen molar-refractivity contribution in [2.24, 2.45) is 5.92 Å². The van der Waals surface area contributed by atoms with Gasteiger partial charge in [-0.15, -0.1) is 0 Å². The second-order valence-corrected chi connectivity index (χ2v) is 7.09. The van der Waals surface area contributed by atoms with E-state index in [1.807, 2.05) is 11.0 Å². The van der Waals surface area contributed by atoms with Gasteiger partial charge in [-0.1, -0.05) is 30.3 Å². The molecule has 4 heteroatoms. The number of benzene rings is 2. The van der Waals surface area contributed by atoms with Crippen molar-refractivity contribution < 1.29 is 13.6 Å². The number of likely N-dealkylation sites (tertiary alicyclic amines) is 1. The van der Waals surface area contributed by atoms with Crippen LogP contribution in [0.2, 0.25) is 0 Å². The monoisotopic (exact) mass is 351 g/mol. The first-order chi connectivity index (χ1) is 12.7. The van der Waals surface area contributed by atoms with Gasteiger partial charge in [-0.05, 0) is 48.9 Å². The van der Waals surface area contributed by atoms with Crippen LogP contribution in [0.5, 0.6) is 0 Å². The molecule has 0 unspecified atom stereocenters. The molecule has 0 bridgehead atoms. The molecule has 1 aliphatic heterocycles. The Hall–Kier alpha value is -2.62. The summed E-state index contributed by atoms with van der Waals surface area (Å²) in [5.74, 6) is 0.412. The summed E-state index contributed by atoms with van der Waals surface area (Å²) in [6.45, 7) is 1.58. The highest BCUT2D eigenvalue weighted by atomic mass is 19.1. The van der Waals surface area contributed by atoms with E-state index in [1.54, 1.807) is 12.3 Å². The molecule has 0 radical (unpaired) electrons. The highest BCUT2D eigenvalue weighted by Gasteiger charge is 2.24. The summed E-state index contributed by atoms with van der Waals surface area (Å²) >= 11 is 0. The predicted molar refractivity (Wildman–Crippen MR) is 99.3 cm³/mol. The average molecular weight is 351 g/mol. The molecule has 3 aromatic rings. The molecule has 134 valence electrons. The van der Waals surface area contributed by atoms with Crippen LogP contribution in [-0.2, 0) is 17.6 Å². The Labute approximate surface area is 152 Å². The minimum Gasteiger partial charge on any atom is -0.464 e. The van der Waals surface area contributed by atoms with E-state index in [2.05, 4.69) is 24.3 Å². The number of halogens is 1. The molecule has 2 aromatic carbocycles. The minimum atomic E-state index is -0.311. The number of nitrogens with zero attached hydrogens (tertiary/aromatic N) is 1. The Morgan fingerprint density at radius 2 is 1.88 bits per heavy atom. The second-order valence-electron chi connectivity index (χ2n) is 7.09. The summed E-state index contributed by atoms with van der Waals surface area (Å²) in [6, 6.07) is 14.9. The fourth-order valence-corrected chi connectivity index (χ4v) is 3.80. The molecule has 1 aliphatic rings. The van der Waals surface area contributed by atoms with Crippen LogP contribution >= 0.6 is 0 Å². The van der Waals surface area contributed by atoms with Crippen molar-refractivity contribution in [3.63, 3.8) is 0 Å². The normalized spacial score (nSPS) is 15.5. The van der Waals surface area contributed by atoms with Gasteiger partial charge >= 0.3 is 0 Å². The number of carbonyl (C=O) groups excluding carboxylic acids is 1. The van der Waals surface area contributed by atoms with Crippen molar-refractivity contribution in [2.75, 3.05) is 13.1 Å². The predicted octanol–water partition coefficient (Wildman–Crippen LogP) is 4.60. The third-order valence-corrected chi connectivity index (χ3v) is 5.29. The third kappa shape index (κ3) is 3.64. The summed E-state index contributed by atoms with van der Waals surface area (Å²) in [4.78, 5) is 14.6. The summed E-state index contributed by atoms with van der Waals surface area (Å²) in [5, 5.41) is 0.692. The van der Waals surface area contributed by atoms with Crippen LogP contribution < -0.4 is 0 Å². The quantitative estimate of drug-likeness (QED) is 0.688.